The summed E-state index contributed by atoms with van der Waals surface area (Å²) in [6.45, 7) is 0. The number of hydrogen-bond acceptors (Lipinski definition) is 3. The second-order valence-electron chi connectivity index (χ2n) is 5.54. The lowest BCUT2D eigenvalue weighted by atomic mass is 9.97. The molecule has 25 heavy (non-hydrogen) atoms. The molecule has 0 fully saturated rings. The second-order valence-corrected chi connectivity index (χ2v) is 5.97. The summed E-state index contributed by atoms with van der Waals surface area (Å²) in [6, 6.07) is 14.1. The standard InChI is InChI=1S/C20H16ClFN2O/c1-25-18-6-5-15(9-13-7-8-24-17(10-13)12-23)20(22)19(18)14-3-2-4-16(21)11-14/h2-8,10-12,23H,9H2,1H3. The van der Waals surface area contributed by atoms with Gasteiger partial charge in [-0.3, -0.25) is 4.98 Å². The summed E-state index contributed by atoms with van der Waals surface area (Å²) in [5, 5.41) is 7.83. The first kappa shape index (κ1) is 17.1. The normalized spacial score (nSPS) is 10.5. The van der Waals surface area contributed by atoms with E-state index in [2.05, 4.69) is 4.98 Å². The van der Waals surface area contributed by atoms with Gasteiger partial charge in [0.15, 0.2) is 0 Å². The van der Waals surface area contributed by atoms with Gasteiger partial charge in [-0.15, -0.1) is 0 Å². The molecule has 1 aromatic heterocycles. The van der Waals surface area contributed by atoms with Crippen LogP contribution >= 0.6 is 11.6 Å². The Hall–Kier alpha value is -2.72. The molecule has 3 aromatic rings. The van der Waals surface area contributed by atoms with Crippen molar-refractivity contribution in [3.05, 3.63) is 82.4 Å². The van der Waals surface area contributed by atoms with Gasteiger partial charge in [0.25, 0.3) is 0 Å². The molecule has 0 bridgehead atoms. The molecule has 1 heterocycles. The molecule has 0 radical (unpaired) electrons. The third-order valence-electron chi connectivity index (χ3n) is 3.90. The molecule has 5 heteroatoms. The van der Waals surface area contributed by atoms with E-state index in [4.69, 9.17) is 21.7 Å². The van der Waals surface area contributed by atoms with Crippen molar-refractivity contribution in [1.29, 1.82) is 5.41 Å². The topological polar surface area (TPSA) is 46.0 Å². The first-order valence-electron chi connectivity index (χ1n) is 7.69. The predicted octanol–water partition coefficient (Wildman–Crippen LogP) is 5.14. The van der Waals surface area contributed by atoms with Crippen molar-refractivity contribution in [3.8, 4) is 16.9 Å². The average molecular weight is 355 g/mol. The van der Waals surface area contributed by atoms with Gasteiger partial charge in [-0.05, 0) is 47.0 Å². The maximum atomic E-state index is 15.2. The fourth-order valence-electron chi connectivity index (χ4n) is 2.72. The summed E-state index contributed by atoms with van der Waals surface area (Å²) in [5.74, 6) is 0.119. The zero-order valence-corrected chi connectivity index (χ0v) is 14.3. The molecule has 0 spiro atoms. The van der Waals surface area contributed by atoms with E-state index in [1.807, 2.05) is 6.07 Å². The van der Waals surface area contributed by atoms with Crippen molar-refractivity contribution in [3.63, 3.8) is 0 Å². The van der Waals surface area contributed by atoms with Crippen LogP contribution in [0.2, 0.25) is 5.02 Å². The number of nitrogens with zero attached hydrogens (tertiary/aromatic N) is 1. The van der Waals surface area contributed by atoms with Crippen molar-refractivity contribution in [1.82, 2.24) is 4.98 Å². The predicted molar refractivity (Wildman–Crippen MR) is 98.3 cm³/mol. The van der Waals surface area contributed by atoms with Crippen molar-refractivity contribution < 1.29 is 9.13 Å². The van der Waals surface area contributed by atoms with Crippen molar-refractivity contribution >= 4 is 17.8 Å². The zero-order valence-electron chi connectivity index (χ0n) is 13.6. The number of halogens is 2. The van der Waals surface area contributed by atoms with E-state index in [0.29, 0.717) is 39.6 Å². The highest BCUT2D eigenvalue weighted by Gasteiger charge is 2.16. The quantitative estimate of drug-likeness (QED) is 0.645. The van der Waals surface area contributed by atoms with Crippen LogP contribution in [0.4, 0.5) is 4.39 Å². The van der Waals surface area contributed by atoms with Crippen LogP contribution in [0.1, 0.15) is 16.8 Å². The lowest BCUT2D eigenvalue weighted by molar-refractivity contribution is 0.413. The molecule has 0 aliphatic rings. The molecule has 0 unspecified atom stereocenters. The lowest BCUT2D eigenvalue weighted by Crippen LogP contribution is -1.99. The van der Waals surface area contributed by atoms with Crippen molar-refractivity contribution in [2.75, 3.05) is 7.11 Å². The van der Waals surface area contributed by atoms with Crippen LogP contribution in [0, 0.1) is 11.2 Å². The SMILES string of the molecule is COc1ccc(Cc2ccnc(C=N)c2)c(F)c1-c1cccc(Cl)c1. The average Bonchev–Trinajstić information content (AvgIpc) is 2.63. The molecule has 0 saturated heterocycles. The molecule has 0 saturated carbocycles. The summed E-state index contributed by atoms with van der Waals surface area (Å²) in [4.78, 5) is 4.05. The van der Waals surface area contributed by atoms with E-state index in [1.54, 1.807) is 48.7 Å². The Labute approximate surface area is 150 Å². The monoisotopic (exact) mass is 354 g/mol. The molecule has 1 N–H and O–H groups in total. The number of ether oxygens (including phenoxy) is 1. The minimum Gasteiger partial charge on any atom is -0.496 e. The first-order valence-corrected chi connectivity index (χ1v) is 8.07. The fourth-order valence-corrected chi connectivity index (χ4v) is 2.91. The zero-order chi connectivity index (χ0) is 17.8. The molecule has 2 aromatic carbocycles. The van der Waals surface area contributed by atoms with E-state index in [-0.39, 0.29) is 5.82 Å². The number of nitrogens with one attached hydrogen (secondary N) is 1. The Kier molecular flexibility index (Phi) is 5.10. The van der Waals surface area contributed by atoms with E-state index < -0.39 is 0 Å². The van der Waals surface area contributed by atoms with Gasteiger partial charge >= 0.3 is 0 Å². The van der Waals surface area contributed by atoms with Crippen LogP contribution in [0.5, 0.6) is 5.75 Å². The number of aromatic nitrogens is 1. The van der Waals surface area contributed by atoms with Gasteiger partial charge < -0.3 is 10.1 Å². The minimum atomic E-state index is -0.338. The number of hydrogen-bond donors (Lipinski definition) is 1. The Morgan fingerprint density at radius 2 is 2.04 bits per heavy atom. The van der Waals surface area contributed by atoms with E-state index in [0.717, 1.165) is 5.56 Å². The Morgan fingerprint density at radius 1 is 1.20 bits per heavy atom. The third kappa shape index (κ3) is 3.69. The van der Waals surface area contributed by atoms with E-state index in [9.17, 15) is 0 Å². The number of methoxy groups -OCH3 is 1. The van der Waals surface area contributed by atoms with Crippen LogP contribution in [-0.4, -0.2) is 18.3 Å². The molecule has 126 valence electrons. The minimum absolute atomic E-state index is 0.338. The summed E-state index contributed by atoms with van der Waals surface area (Å²) in [6.07, 6.45) is 3.19. The van der Waals surface area contributed by atoms with Gasteiger partial charge in [-0.1, -0.05) is 29.8 Å². The molecule has 0 aliphatic heterocycles. The number of pyridine rings is 1. The summed E-state index contributed by atoms with van der Waals surface area (Å²) in [7, 11) is 1.52. The van der Waals surface area contributed by atoms with Crippen LogP contribution in [0.3, 0.4) is 0 Å². The Balaban J connectivity index is 2.07. The van der Waals surface area contributed by atoms with Crippen LogP contribution in [0.25, 0.3) is 11.1 Å². The highest BCUT2D eigenvalue weighted by molar-refractivity contribution is 6.30. The molecule has 0 atom stereocenters. The van der Waals surface area contributed by atoms with Crippen molar-refractivity contribution in [2.24, 2.45) is 0 Å². The van der Waals surface area contributed by atoms with Gasteiger partial charge in [-0.25, -0.2) is 4.39 Å². The molecule has 0 amide bonds. The van der Waals surface area contributed by atoms with Gasteiger partial charge in [0.1, 0.15) is 11.6 Å². The van der Waals surface area contributed by atoms with E-state index in [1.165, 1.54) is 13.3 Å². The lowest BCUT2D eigenvalue weighted by Gasteiger charge is -2.14. The second kappa shape index (κ2) is 7.45. The van der Waals surface area contributed by atoms with Crippen LogP contribution in [-0.2, 0) is 6.42 Å². The highest BCUT2D eigenvalue weighted by atomic mass is 35.5. The van der Waals surface area contributed by atoms with Gasteiger partial charge in [0.2, 0.25) is 0 Å². The summed E-state index contributed by atoms with van der Waals surface area (Å²) >= 11 is 6.05. The fraction of sp³-hybridized carbons (Fsp3) is 0.100. The number of rotatable bonds is 5. The summed E-state index contributed by atoms with van der Waals surface area (Å²) in [5.41, 5.74) is 3.02. The molecule has 0 aliphatic carbocycles. The number of benzene rings is 2. The molecular formula is C20H16ClFN2O. The third-order valence-corrected chi connectivity index (χ3v) is 4.14. The smallest absolute Gasteiger partial charge is 0.138 e. The van der Waals surface area contributed by atoms with Gasteiger partial charge in [0.05, 0.1) is 18.4 Å². The van der Waals surface area contributed by atoms with Crippen LogP contribution in [0.15, 0.2) is 54.7 Å². The van der Waals surface area contributed by atoms with Crippen molar-refractivity contribution in [2.45, 2.75) is 6.42 Å². The Morgan fingerprint density at radius 3 is 2.76 bits per heavy atom. The maximum Gasteiger partial charge on any atom is 0.138 e. The maximum absolute atomic E-state index is 15.2. The highest BCUT2D eigenvalue weighted by Crippen LogP contribution is 2.36. The Bertz CT molecular complexity index is 927. The van der Waals surface area contributed by atoms with Gasteiger partial charge in [0, 0.05) is 23.9 Å². The molecule has 3 nitrogen and oxygen atoms in total. The molecular weight excluding hydrogens is 339 g/mol. The van der Waals surface area contributed by atoms with Crippen LogP contribution < -0.4 is 4.74 Å². The molecule has 3 rings (SSSR count). The summed E-state index contributed by atoms with van der Waals surface area (Å²) < 4.78 is 20.6. The van der Waals surface area contributed by atoms with E-state index >= 15 is 4.39 Å². The first-order chi connectivity index (χ1) is 12.1. The van der Waals surface area contributed by atoms with Gasteiger partial charge in [-0.2, -0.15) is 0 Å². The largest absolute Gasteiger partial charge is 0.496 e.